The molecule has 6 rings (SSSR count). The van der Waals surface area contributed by atoms with Gasteiger partial charge in [0.05, 0.1) is 29.7 Å². The standard InChI is InChI=1S/C33H42F3N5O3/c1-22-20-39(28-18-24(10-13-27(28)41(22)23(2)42)25-19-38-40(21-25)26-11-12-26)31(43)44-30-29(33(34,35)36)32(16-17-37-30)14-8-6-4-3-5-7-9-15-32/h6,8,10,13,18-19,21-22,26,29-30,37H,3-5,7,9,11-12,14-17,20H2,1-2H3/b8-6-/t22-,29?,30?,32?/m0/s1. The molecule has 1 saturated carbocycles. The predicted molar refractivity (Wildman–Crippen MR) is 162 cm³/mol. The minimum absolute atomic E-state index is 0.0908. The molecule has 238 valence electrons. The van der Waals surface area contributed by atoms with E-state index in [0.29, 0.717) is 43.2 Å². The fourth-order valence-electron chi connectivity index (χ4n) is 7.48. The molecule has 1 N–H and O–H groups in total. The molecule has 1 aromatic heterocycles. The molecule has 1 saturated heterocycles. The maximum atomic E-state index is 15.0. The Morgan fingerprint density at radius 3 is 2.59 bits per heavy atom. The van der Waals surface area contributed by atoms with Gasteiger partial charge in [0.15, 0.2) is 6.23 Å². The normalized spacial score (nSPS) is 28.8. The number of fused-ring (bicyclic) bond motifs is 1. The van der Waals surface area contributed by atoms with Crippen LogP contribution in [0, 0.1) is 11.3 Å². The number of hydrogen-bond donors (Lipinski definition) is 1. The van der Waals surface area contributed by atoms with Crippen molar-refractivity contribution in [1.29, 1.82) is 0 Å². The van der Waals surface area contributed by atoms with E-state index in [1.54, 1.807) is 23.2 Å². The maximum absolute atomic E-state index is 15.0. The fraction of sp³-hybridized carbons (Fsp3) is 0.606. The number of aromatic nitrogens is 2. The summed E-state index contributed by atoms with van der Waals surface area (Å²) in [6.07, 6.45) is 8.52. The lowest BCUT2D eigenvalue weighted by Gasteiger charge is -2.49. The topological polar surface area (TPSA) is 79.7 Å². The highest BCUT2D eigenvalue weighted by atomic mass is 19.4. The summed E-state index contributed by atoms with van der Waals surface area (Å²) in [6, 6.07) is 5.47. The number of anilines is 2. The quantitative estimate of drug-likeness (QED) is 0.366. The van der Waals surface area contributed by atoms with Crippen molar-refractivity contribution < 1.29 is 27.5 Å². The van der Waals surface area contributed by atoms with Crippen molar-refractivity contribution in [3.8, 4) is 11.1 Å². The zero-order valence-electron chi connectivity index (χ0n) is 25.5. The summed E-state index contributed by atoms with van der Waals surface area (Å²) in [5.41, 5.74) is 1.55. The Morgan fingerprint density at radius 2 is 1.84 bits per heavy atom. The number of halogens is 3. The molecule has 0 radical (unpaired) electrons. The first-order chi connectivity index (χ1) is 21.1. The molecule has 2 aliphatic carbocycles. The molecule has 2 aliphatic heterocycles. The summed E-state index contributed by atoms with van der Waals surface area (Å²) in [6.45, 7) is 3.71. The van der Waals surface area contributed by atoms with Crippen LogP contribution in [0.1, 0.15) is 84.1 Å². The van der Waals surface area contributed by atoms with Crippen LogP contribution < -0.4 is 15.1 Å². The van der Waals surface area contributed by atoms with Gasteiger partial charge in [0.2, 0.25) is 5.91 Å². The highest BCUT2D eigenvalue weighted by molar-refractivity contribution is 6.03. The minimum Gasteiger partial charge on any atom is -0.429 e. The lowest BCUT2D eigenvalue weighted by atomic mass is 9.64. The SMILES string of the molecule is CC(=O)N1c2ccc(-c3cnn(C4CC4)c3)cc2N(C(=O)OC2NCCC3(C/C=C\CCCCCC3)C2C(F)(F)F)C[C@@H]1C. The van der Waals surface area contributed by atoms with Gasteiger partial charge >= 0.3 is 12.3 Å². The van der Waals surface area contributed by atoms with Gasteiger partial charge in [0.25, 0.3) is 0 Å². The first-order valence-corrected chi connectivity index (χ1v) is 16.0. The Kier molecular flexibility index (Phi) is 8.52. The van der Waals surface area contributed by atoms with Gasteiger partial charge in [-0.1, -0.05) is 37.5 Å². The average Bonchev–Trinajstić information content (AvgIpc) is 3.71. The van der Waals surface area contributed by atoms with Gasteiger partial charge in [-0.3, -0.25) is 19.7 Å². The van der Waals surface area contributed by atoms with E-state index in [4.69, 9.17) is 4.74 Å². The lowest BCUT2D eigenvalue weighted by Crippen LogP contribution is -2.60. The third-order valence-corrected chi connectivity index (χ3v) is 9.83. The third kappa shape index (κ3) is 6.12. The molecule has 4 atom stereocenters. The Morgan fingerprint density at radius 1 is 1.05 bits per heavy atom. The van der Waals surface area contributed by atoms with Crippen molar-refractivity contribution >= 4 is 23.4 Å². The zero-order chi connectivity index (χ0) is 31.1. The first-order valence-electron chi connectivity index (χ1n) is 16.0. The van der Waals surface area contributed by atoms with Crippen molar-refractivity contribution in [2.24, 2.45) is 11.3 Å². The second kappa shape index (κ2) is 12.2. The zero-order valence-corrected chi connectivity index (χ0v) is 25.5. The van der Waals surface area contributed by atoms with Crippen LogP contribution in [0.4, 0.5) is 29.3 Å². The van der Waals surface area contributed by atoms with Crippen molar-refractivity contribution in [3.05, 3.63) is 42.7 Å². The van der Waals surface area contributed by atoms with E-state index in [1.165, 1.54) is 11.8 Å². The number of nitrogens with one attached hydrogen (secondary N) is 1. The summed E-state index contributed by atoms with van der Waals surface area (Å²) in [5, 5.41) is 7.39. The molecule has 8 nitrogen and oxygen atoms in total. The van der Waals surface area contributed by atoms with Gasteiger partial charge in [-0.2, -0.15) is 18.3 Å². The molecular formula is C33H42F3N5O3. The summed E-state index contributed by atoms with van der Waals surface area (Å²) in [5.74, 6) is -2.02. The Labute approximate surface area is 256 Å². The average molecular weight is 614 g/mol. The number of allylic oxidation sites excluding steroid dienone is 2. The van der Waals surface area contributed by atoms with E-state index >= 15 is 0 Å². The van der Waals surface area contributed by atoms with Crippen molar-refractivity contribution in [3.63, 3.8) is 0 Å². The molecule has 1 aromatic carbocycles. The fourth-order valence-corrected chi connectivity index (χ4v) is 7.48. The van der Waals surface area contributed by atoms with Gasteiger partial charge in [0.1, 0.15) is 5.92 Å². The van der Waals surface area contributed by atoms with Gasteiger partial charge in [-0.15, -0.1) is 0 Å². The molecule has 2 amide bonds. The highest BCUT2D eigenvalue weighted by Gasteiger charge is 2.59. The number of rotatable bonds is 3. The van der Waals surface area contributed by atoms with Crippen LogP contribution in [0.5, 0.6) is 0 Å². The van der Waals surface area contributed by atoms with Crippen LogP contribution in [0.2, 0.25) is 0 Å². The Balaban J connectivity index is 1.32. The number of carbonyl (C=O) groups excluding carboxylic acids is 2. The molecule has 0 bridgehead atoms. The molecule has 2 aromatic rings. The number of amides is 2. The van der Waals surface area contributed by atoms with Crippen LogP contribution >= 0.6 is 0 Å². The maximum Gasteiger partial charge on any atom is 0.416 e. The van der Waals surface area contributed by atoms with Crippen LogP contribution in [0.3, 0.4) is 0 Å². The largest absolute Gasteiger partial charge is 0.429 e. The summed E-state index contributed by atoms with van der Waals surface area (Å²) < 4.78 is 52.6. The van der Waals surface area contributed by atoms with Crippen LogP contribution in [0.15, 0.2) is 42.7 Å². The lowest BCUT2D eigenvalue weighted by molar-refractivity contribution is -0.249. The van der Waals surface area contributed by atoms with Crippen molar-refractivity contribution in [1.82, 2.24) is 15.1 Å². The summed E-state index contributed by atoms with van der Waals surface area (Å²) >= 11 is 0. The summed E-state index contributed by atoms with van der Waals surface area (Å²) in [7, 11) is 0. The molecule has 3 heterocycles. The summed E-state index contributed by atoms with van der Waals surface area (Å²) in [4.78, 5) is 29.6. The van der Waals surface area contributed by atoms with Gasteiger partial charge in [-0.25, -0.2) is 4.79 Å². The number of benzene rings is 1. The van der Waals surface area contributed by atoms with E-state index in [0.717, 1.165) is 56.1 Å². The van der Waals surface area contributed by atoms with E-state index < -0.39 is 35.9 Å². The molecule has 11 heteroatoms. The molecule has 1 spiro atoms. The molecule has 3 unspecified atom stereocenters. The highest BCUT2D eigenvalue weighted by Crippen LogP contribution is 2.52. The predicted octanol–water partition coefficient (Wildman–Crippen LogP) is 7.37. The van der Waals surface area contributed by atoms with E-state index in [1.807, 2.05) is 36.0 Å². The number of alkyl halides is 3. The number of nitrogens with zero attached hydrogens (tertiary/aromatic N) is 4. The number of ether oxygens (including phenoxy) is 1. The van der Waals surface area contributed by atoms with Crippen LogP contribution in [0.25, 0.3) is 11.1 Å². The second-order valence-electron chi connectivity index (χ2n) is 13.0. The Hall–Kier alpha value is -3.34. The molecular weight excluding hydrogens is 571 g/mol. The van der Waals surface area contributed by atoms with Gasteiger partial charge < -0.3 is 9.64 Å². The Bertz CT molecular complexity index is 1400. The van der Waals surface area contributed by atoms with Gasteiger partial charge in [-0.05, 0) is 81.5 Å². The van der Waals surface area contributed by atoms with Crippen LogP contribution in [-0.2, 0) is 9.53 Å². The second-order valence-corrected chi connectivity index (χ2v) is 13.0. The molecule has 44 heavy (non-hydrogen) atoms. The van der Waals surface area contributed by atoms with E-state index in [2.05, 4.69) is 10.4 Å². The smallest absolute Gasteiger partial charge is 0.416 e. The monoisotopic (exact) mass is 613 g/mol. The van der Waals surface area contributed by atoms with E-state index in [9.17, 15) is 22.8 Å². The first kappa shape index (κ1) is 30.7. The van der Waals surface area contributed by atoms with E-state index in [-0.39, 0.29) is 12.5 Å². The van der Waals surface area contributed by atoms with Gasteiger partial charge in [0, 0.05) is 25.2 Å². The number of carbonyl (C=O) groups is 2. The third-order valence-electron chi connectivity index (χ3n) is 9.83. The molecule has 2 fully saturated rings. The minimum atomic E-state index is -4.57. The van der Waals surface area contributed by atoms with Crippen molar-refractivity contribution in [2.75, 3.05) is 22.9 Å². The number of piperidine rings is 1. The molecule has 4 aliphatic rings. The van der Waals surface area contributed by atoms with Crippen LogP contribution in [-0.4, -0.2) is 53.3 Å². The van der Waals surface area contributed by atoms with Crippen molar-refractivity contribution in [2.45, 2.75) is 103 Å². The number of hydrogen-bond acceptors (Lipinski definition) is 5.